The van der Waals surface area contributed by atoms with Crippen molar-refractivity contribution in [2.45, 2.75) is 6.42 Å². The van der Waals surface area contributed by atoms with Crippen LogP contribution in [0.5, 0.6) is 0 Å². The van der Waals surface area contributed by atoms with Crippen LogP contribution in [-0.2, 0) is 0 Å². The summed E-state index contributed by atoms with van der Waals surface area (Å²) in [6.07, 6.45) is 5.07. The zero-order valence-corrected chi connectivity index (χ0v) is 10.6. The Balaban J connectivity index is 1.57. The van der Waals surface area contributed by atoms with E-state index in [1.165, 1.54) is 17.8 Å². The first-order chi connectivity index (χ1) is 8.79. The molecule has 5 nitrogen and oxygen atoms in total. The molecule has 3 heterocycles. The van der Waals surface area contributed by atoms with Gasteiger partial charge in [-0.05, 0) is 18.3 Å². The predicted molar refractivity (Wildman–Crippen MR) is 71.4 cm³/mol. The average Bonchev–Trinajstić information content (AvgIpc) is 2.82. The SMILES string of the molecule is Nc1csc(-c2cnc(N3CC4CC4C3)nc2)n1. The maximum atomic E-state index is 5.62. The molecular weight excluding hydrogens is 246 g/mol. The lowest BCUT2D eigenvalue weighted by Gasteiger charge is -2.17. The minimum atomic E-state index is 0.554. The highest BCUT2D eigenvalue weighted by Crippen LogP contribution is 2.45. The number of anilines is 2. The van der Waals surface area contributed by atoms with Gasteiger partial charge in [-0.2, -0.15) is 0 Å². The van der Waals surface area contributed by atoms with Crippen LogP contribution in [0.4, 0.5) is 11.8 Å². The Labute approximate surface area is 109 Å². The number of nitrogens with zero attached hydrogens (tertiary/aromatic N) is 4. The molecule has 6 heteroatoms. The Bertz CT molecular complexity index is 568. The molecule has 2 unspecified atom stereocenters. The first-order valence-corrected chi connectivity index (χ1v) is 6.96. The second-order valence-electron chi connectivity index (χ2n) is 5.01. The standard InChI is InChI=1S/C12H13N5S/c13-10-6-18-11(16-10)9-2-14-12(15-3-9)17-4-7-1-8(7)5-17/h2-3,6-8H,1,4-5,13H2. The molecule has 2 atom stereocenters. The maximum Gasteiger partial charge on any atom is 0.225 e. The van der Waals surface area contributed by atoms with Crippen molar-refractivity contribution in [2.75, 3.05) is 23.7 Å². The van der Waals surface area contributed by atoms with Gasteiger partial charge in [-0.25, -0.2) is 15.0 Å². The van der Waals surface area contributed by atoms with E-state index in [-0.39, 0.29) is 0 Å². The van der Waals surface area contributed by atoms with Gasteiger partial charge in [0.2, 0.25) is 5.95 Å². The molecule has 1 aliphatic heterocycles. The second-order valence-corrected chi connectivity index (χ2v) is 5.87. The quantitative estimate of drug-likeness (QED) is 0.888. The van der Waals surface area contributed by atoms with Crippen molar-refractivity contribution in [3.8, 4) is 10.6 Å². The molecule has 1 saturated heterocycles. The summed E-state index contributed by atoms with van der Waals surface area (Å²) in [5.41, 5.74) is 6.55. The van der Waals surface area contributed by atoms with E-state index >= 15 is 0 Å². The van der Waals surface area contributed by atoms with Crippen LogP contribution in [0.1, 0.15) is 6.42 Å². The predicted octanol–water partition coefficient (Wildman–Crippen LogP) is 1.64. The topological polar surface area (TPSA) is 67.9 Å². The zero-order valence-electron chi connectivity index (χ0n) is 9.78. The van der Waals surface area contributed by atoms with Crippen LogP contribution in [0.2, 0.25) is 0 Å². The van der Waals surface area contributed by atoms with E-state index in [0.29, 0.717) is 5.82 Å². The highest BCUT2D eigenvalue weighted by molar-refractivity contribution is 7.13. The van der Waals surface area contributed by atoms with Crippen molar-refractivity contribution in [1.82, 2.24) is 15.0 Å². The lowest BCUT2D eigenvalue weighted by Crippen LogP contribution is -2.23. The minimum Gasteiger partial charge on any atom is -0.383 e. The van der Waals surface area contributed by atoms with Gasteiger partial charge in [0.15, 0.2) is 0 Å². The Morgan fingerprint density at radius 3 is 2.56 bits per heavy atom. The van der Waals surface area contributed by atoms with Gasteiger partial charge in [0, 0.05) is 36.4 Å². The van der Waals surface area contributed by atoms with Crippen LogP contribution in [0, 0.1) is 11.8 Å². The number of nitrogen functional groups attached to an aromatic ring is 1. The molecule has 18 heavy (non-hydrogen) atoms. The summed E-state index contributed by atoms with van der Waals surface area (Å²) in [5.74, 6) is 3.19. The van der Waals surface area contributed by atoms with E-state index in [2.05, 4.69) is 19.9 Å². The lowest BCUT2D eigenvalue weighted by molar-refractivity contribution is 0.787. The van der Waals surface area contributed by atoms with Gasteiger partial charge in [0.05, 0.1) is 0 Å². The summed E-state index contributed by atoms with van der Waals surface area (Å²) in [5, 5.41) is 2.71. The highest BCUT2D eigenvalue weighted by Gasteiger charge is 2.45. The van der Waals surface area contributed by atoms with Crippen molar-refractivity contribution in [2.24, 2.45) is 11.8 Å². The van der Waals surface area contributed by atoms with E-state index in [1.807, 2.05) is 17.8 Å². The third kappa shape index (κ3) is 1.64. The smallest absolute Gasteiger partial charge is 0.225 e. The average molecular weight is 259 g/mol. The van der Waals surface area contributed by atoms with Crippen LogP contribution >= 0.6 is 11.3 Å². The van der Waals surface area contributed by atoms with Crippen molar-refractivity contribution < 1.29 is 0 Å². The monoisotopic (exact) mass is 259 g/mol. The van der Waals surface area contributed by atoms with Gasteiger partial charge in [-0.3, -0.25) is 0 Å². The highest BCUT2D eigenvalue weighted by atomic mass is 32.1. The third-order valence-corrected chi connectivity index (χ3v) is 4.58. The van der Waals surface area contributed by atoms with Crippen LogP contribution in [0.3, 0.4) is 0 Å². The Morgan fingerprint density at radius 2 is 1.94 bits per heavy atom. The van der Waals surface area contributed by atoms with Crippen LogP contribution in [0.15, 0.2) is 17.8 Å². The number of nitrogens with two attached hydrogens (primary N) is 1. The molecule has 2 aromatic heterocycles. The fraction of sp³-hybridized carbons (Fsp3) is 0.417. The molecule has 0 aromatic carbocycles. The molecule has 0 spiro atoms. The molecule has 2 N–H and O–H groups in total. The zero-order chi connectivity index (χ0) is 12.1. The van der Waals surface area contributed by atoms with Gasteiger partial charge in [0.25, 0.3) is 0 Å². The van der Waals surface area contributed by atoms with Gasteiger partial charge in [-0.15, -0.1) is 11.3 Å². The second kappa shape index (κ2) is 3.65. The summed E-state index contributed by atoms with van der Waals surface area (Å²) in [7, 11) is 0. The Kier molecular flexibility index (Phi) is 2.08. The van der Waals surface area contributed by atoms with Crippen LogP contribution < -0.4 is 10.6 Å². The van der Waals surface area contributed by atoms with E-state index in [4.69, 9.17) is 5.73 Å². The van der Waals surface area contributed by atoms with Gasteiger partial charge < -0.3 is 10.6 Å². The minimum absolute atomic E-state index is 0.554. The summed E-state index contributed by atoms with van der Waals surface area (Å²) in [4.78, 5) is 15.4. The molecule has 4 rings (SSSR count). The van der Waals surface area contributed by atoms with Crippen molar-refractivity contribution in [3.05, 3.63) is 17.8 Å². The summed E-state index contributed by atoms with van der Waals surface area (Å²) in [6.45, 7) is 2.24. The van der Waals surface area contributed by atoms with Gasteiger partial charge >= 0.3 is 0 Å². The molecule has 0 bridgehead atoms. The molecule has 0 radical (unpaired) electrons. The lowest BCUT2D eigenvalue weighted by atomic mass is 10.3. The molecule has 1 aliphatic carbocycles. The molecule has 2 fully saturated rings. The number of piperidine rings is 1. The fourth-order valence-corrected chi connectivity index (χ4v) is 3.26. The molecule has 2 aromatic rings. The van der Waals surface area contributed by atoms with Crippen molar-refractivity contribution in [3.63, 3.8) is 0 Å². The van der Waals surface area contributed by atoms with Gasteiger partial charge in [0.1, 0.15) is 10.8 Å². The Morgan fingerprint density at radius 1 is 1.22 bits per heavy atom. The van der Waals surface area contributed by atoms with Crippen molar-refractivity contribution in [1.29, 1.82) is 0 Å². The maximum absolute atomic E-state index is 5.62. The van der Waals surface area contributed by atoms with Crippen LogP contribution in [-0.4, -0.2) is 28.0 Å². The van der Waals surface area contributed by atoms with E-state index < -0.39 is 0 Å². The summed E-state index contributed by atoms with van der Waals surface area (Å²) in [6, 6.07) is 0. The van der Waals surface area contributed by atoms with E-state index in [1.54, 1.807) is 0 Å². The first-order valence-electron chi connectivity index (χ1n) is 6.08. The largest absolute Gasteiger partial charge is 0.383 e. The number of thiazole rings is 1. The molecule has 92 valence electrons. The number of aromatic nitrogens is 3. The van der Waals surface area contributed by atoms with E-state index in [0.717, 1.165) is 41.4 Å². The molecule has 2 aliphatic rings. The third-order valence-electron chi connectivity index (χ3n) is 3.67. The molecule has 0 amide bonds. The number of hydrogen-bond acceptors (Lipinski definition) is 6. The number of hydrogen-bond donors (Lipinski definition) is 1. The first kappa shape index (κ1) is 10.3. The molecular formula is C12H13N5S. The van der Waals surface area contributed by atoms with Crippen molar-refractivity contribution >= 4 is 23.1 Å². The molecule has 1 saturated carbocycles. The van der Waals surface area contributed by atoms with Gasteiger partial charge in [-0.1, -0.05) is 0 Å². The number of rotatable bonds is 2. The fourth-order valence-electron chi connectivity index (χ4n) is 2.58. The Hall–Kier alpha value is -1.69. The normalized spacial score (nSPS) is 25.2. The summed E-state index contributed by atoms with van der Waals surface area (Å²) < 4.78 is 0. The number of fused-ring (bicyclic) bond motifs is 1. The summed E-state index contributed by atoms with van der Waals surface area (Å²) >= 11 is 1.52. The van der Waals surface area contributed by atoms with E-state index in [9.17, 15) is 0 Å². The van der Waals surface area contributed by atoms with Crippen LogP contribution in [0.25, 0.3) is 10.6 Å².